The van der Waals surface area contributed by atoms with Gasteiger partial charge in [-0.1, -0.05) is 158 Å². The van der Waals surface area contributed by atoms with Crippen LogP contribution in [0.3, 0.4) is 0 Å². The summed E-state index contributed by atoms with van der Waals surface area (Å²) in [4.78, 5) is 0. The van der Waals surface area contributed by atoms with Crippen LogP contribution in [-0.2, 0) is 0 Å². The molecule has 9 aromatic carbocycles. The van der Waals surface area contributed by atoms with E-state index in [2.05, 4.69) is 182 Å². The zero-order valence-electron chi connectivity index (χ0n) is 26.7. The number of benzene rings is 9. The first kappa shape index (κ1) is 28.0. The van der Waals surface area contributed by atoms with Crippen LogP contribution in [0.1, 0.15) is 0 Å². The topological polar surface area (TPSA) is 0 Å². The van der Waals surface area contributed by atoms with Gasteiger partial charge in [-0.05, 0) is 101 Å². The molecule has 10 rings (SSSR count). The zero-order chi connectivity index (χ0) is 32.3. The molecule has 10 aromatic rings. The van der Waals surface area contributed by atoms with Crippen LogP contribution in [0, 0.1) is 0 Å². The summed E-state index contributed by atoms with van der Waals surface area (Å²) in [6.45, 7) is 0. The van der Waals surface area contributed by atoms with Gasteiger partial charge in [-0.15, -0.1) is 11.3 Å². The highest BCUT2D eigenvalue weighted by atomic mass is 32.1. The molecule has 0 radical (unpaired) electrons. The first-order valence-electron chi connectivity index (χ1n) is 16.8. The second-order valence-electron chi connectivity index (χ2n) is 12.8. The predicted molar refractivity (Wildman–Crippen MR) is 214 cm³/mol. The second kappa shape index (κ2) is 11.3. The summed E-state index contributed by atoms with van der Waals surface area (Å²) in [7, 11) is 0. The molecule has 0 unspecified atom stereocenters. The first-order chi connectivity index (χ1) is 24.3. The van der Waals surface area contributed by atoms with Gasteiger partial charge in [0.25, 0.3) is 0 Å². The maximum atomic E-state index is 2.45. The Hall–Kier alpha value is -6.02. The van der Waals surface area contributed by atoms with Crippen molar-refractivity contribution in [3.05, 3.63) is 182 Å². The zero-order valence-corrected chi connectivity index (χ0v) is 27.5. The van der Waals surface area contributed by atoms with Gasteiger partial charge in [-0.3, -0.25) is 0 Å². The van der Waals surface area contributed by atoms with Crippen LogP contribution in [0.5, 0.6) is 0 Å². The van der Waals surface area contributed by atoms with Gasteiger partial charge in [0.15, 0.2) is 0 Å². The van der Waals surface area contributed by atoms with Gasteiger partial charge in [0, 0.05) is 20.2 Å². The van der Waals surface area contributed by atoms with Gasteiger partial charge in [0.1, 0.15) is 0 Å². The molecule has 0 aliphatic carbocycles. The monoisotopic (exact) mass is 638 g/mol. The van der Waals surface area contributed by atoms with E-state index in [1.54, 1.807) is 0 Å². The summed E-state index contributed by atoms with van der Waals surface area (Å²) in [6.07, 6.45) is 0. The molecule has 0 bridgehead atoms. The van der Waals surface area contributed by atoms with Gasteiger partial charge in [0.2, 0.25) is 0 Å². The molecule has 0 aliphatic rings. The van der Waals surface area contributed by atoms with Crippen LogP contribution in [0.2, 0.25) is 0 Å². The Bertz CT molecular complexity index is 2870. The molecule has 0 nitrogen and oxygen atoms in total. The number of hydrogen-bond acceptors (Lipinski definition) is 1. The minimum atomic E-state index is 1.22. The summed E-state index contributed by atoms with van der Waals surface area (Å²) in [5.74, 6) is 0. The highest BCUT2D eigenvalue weighted by Gasteiger charge is 2.20. The van der Waals surface area contributed by atoms with E-state index in [4.69, 9.17) is 0 Å². The smallest absolute Gasteiger partial charge is 0.0355 e. The normalized spacial score (nSPS) is 11.7. The van der Waals surface area contributed by atoms with Crippen LogP contribution in [0.4, 0.5) is 0 Å². The number of fused-ring (bicyclic) bond motifs is 6. The first-order valence-corrected chi connectivity index (χ1v) is 17.7. The third kappa shape index (κ3) is 4.51. The fourth-order valence-corrected chi connectivity index (χ4v) is 8.94. The van der Waals surface area contributed by atoms with E-state index in [9.17, 15) is 0 Å². The van der Waals surface area contributed by atoms with E-state index in [0.29, 0.717) is 0 Å². The molecular formula is C48H30S. The molecule has 1 heteroatoms. The molecule has 0 atom stereocenters. The van der Waals surface area contributed by atoms with Crippen LogP contribution < -0.4 is 0 Å². The minimum absolute atomic E-state index is 1.22. The number of rotatable bonds is 4. The summed E-state index contributed by atoms with van der Waals surface area (Å²) in [6, 6.07) is 67.1. The Morgan fingerprint density at radius 1 is 0.265 bits per heavy atom. The quantitative estimate of drug-likeness (QED) is 0.168. The Kier molecular flexibility index (Phi) is 6.47. The molecule has 228 valence electrons. The third-order valence-corrected chi connectivity index (χ3v) is 11.2. The lowest BCUT2D eigenvalue weighted by molar-refractivity contribution is 1.60. The van der Waals surface area contributed by atoms with E-state index < -0.39 is 0 Å². The van der Waals surface area contributed by atoms with E-state index in [1.165, 1.54) is 97.0 Å². The van der Waals surface area contributed by atoms with E-state index >= 15 is 0 Å². The lowest BCUT2D eigenvalue weighted by atomic mass is 9.82. The van der Waals surface area contributed by atoms with Gasteiger partial charge < -0.3 is 0 Å². The molecule has 1 aromatic heterocycles. The van der Waals surface area contributed by atoms with Gasteiger partial charge in [0.05, 0.1) is 0 Å². The molecule has 0 spiro atoms. The Morgan fingerprint density at radius 2 is 0.796 bits per heavy atom. The highest BCUT2D eigenvalue weighted by Crippen LogP contribution is 2.48. The maximum absolute atomic E-state index is 2.45. The lowest BCUT2D eigenvalue weighted by Gasteiger charge is -2.21. The molecule has 0 saturated heterocycles. The van der Waals surface area contributed by atoms with E-state index in [1.807, 2.05) is 11.3 Å². The fourth-order valence-electron chi connectivity index (χ4n) is 7.86. The molecule has 1 heterocycles. The molecule has 0 saturated carbocycles. The van der Waals surface area contributed by atoms with Crippen molar-refractivity contribution in [3.8, 4) is 44.5 Å². The molecular weight excluding hydrogens is 609 g/mol. The average Bonchev–Trinajstić information content (AvgIpc) is 3.55. The molecule has 0 amide bonds. The van der Waals surface area contributed by atoms with E-state index in [-0.39, 0.29) is 0 Å². The Balaban J connectivity index is 1.33. The van der Waals surface area contributed by atoms with Crippen molar-refractivity contribution in [2.24, 2.45) is 0 Å². The van der Waals surface area contributed by atoms with Crippen molar-refractivity contribution >= 4 is 63.8 Å². The molecule has 0 fully saturated rings. The standard InChI is InChI=1S/C48H30S/c1-2-13-31(14-3-1)35-18-6-7-20-38(35)48-41-22-9-8-21-40(41)47(39-23-12-16-32-15-4-5-17-36(32)39)42-27-25-33(30-44(42)48)34-26-28-46-43(29-34)37-19-10-11-24-45(37)49-46/h1-30H. The highest BCUT2D eigenvalue weighted by molar-refractivity contribution is 7.25. The summed E-state index contributed by atoms with van der Waals surface area (Å²) < 4.78 is 2.66. The number of thiophene rings is 1. The number of hydrogen-bond donors (Lipinski definition) is 0. The predicted octanol–water partition coefficient (Wildman–Crippen LogP) is 14.2. The summed E-state index contributed by atoms with van der Waals surface area (Å²) in [5.41, 5.74) is 10.00. The molecule has 0 aliphatic heterocycles. The fraction of sp³-hybridized carbons (Fsp3) is 0. The summed E-state index contributed by atoms with van der Waals surface area (Å²) >= 11 is 1.87. The average molecular weight is 639 g/mol. The van der Waals surface area contributed by atoms with Gasteiger partial charge >= 0.3 is 0 Å². The van der Waals surface area contributed by atoms with Crippen LogP contribution in [0.15, 0.2) is 182 Å². The third-order valence-electron chi connectivity index (χ3n) is 10.1. The molecule has 0 N–H and O–H groups in total. The van der Waals surface area contributed by atoms with Crippen LogP contribution in [-0.4, -0.2) is 0 Å². The van der Waals surface area contributed by atoms with Crippen molar-refractivity contribution in [2.75, 3.05) is 0 Å². The van der Waals surface area contributed by atoms with Gasteiger partial charge in [-0.25, -0.2) is 0 Å². The van der Waals surface area contributed by atoms with Crippen LogP contribution in [0.25, 0.3) is 97.0 Å². The van der Waals surface area contributed by atoms with Crippen molar-refractivity contribution in [1.29, 1.82) is 0 Å². The molecule has 49 heavy (non-hydrogen) atoms. The SMILES string of the molecule is c1ccc(-c2ccccc2-c2c3ccccc3c(-c3cccc4ccccc34)c3ccc(-c4ccc5sc6ccccc6c5c4)cc23)cc1. The van der Waals surface area contributed by atoms with Crippen molar-refractivity contribution < 1.29 is 0 Å². The van der Waals surface area contributed by atoms with Crippen LogP contribution >= 0.6 is 11.3 Å². The van der Waals surface area contributed by atoms with E-state index in [0.717, 1.165) is 0 Å². The minimum Gasteiger partial charge on any atom is -0.135 e. The largest absolute Gasteiger partial charge is 0.135 e. The lowest BCUT2D eigenvalue weighted by Crippen LogP contribution is -1.94. The van der Waals surface area contributed by atoms with Gasteiger partial charge in [-0.2, -0.15) is 0 Å². The maximum Gasteiger partial charge on any atom is 0.0355 e. The Morgan fingerprint density at radius 3 is 1.61 bits per heavy atom. The Labute approximate surface area is 289 Å². The van der Waals surface area contributed by atoms with Crippen molar-refractivity contribution in [2.45, 2.75) is 0 Å². The van der Waals surface area contributed by atoms with Crippen molar-refractivity contribution in [1.82, 2.24) is 0 Å². The summed E-state index contributed by atoms with van der Waals surface area (Å²) in [5, 5.41) is 10.2. The second-order valence-corrected chi connectivity index (χ2v) is 13.9. The van der Waals surface area contributed by atoms with Crippen molar-refractivity contribution in [3.63, 3.8) is 0 Å².